The number of carboxylic acid groups (broad SMARTS) is 1. The van der Waals surface area contributed by atoms with Gasteiger partial charge in [0.2, 0.25) is 15.9 Å². The van der Waals surface area contributed by atoms with Crippen LogP contribution in [0.5, 0.6) is 11.6 Å². The maximum absolute atomic E-state index is 14.3. The zero-order chi connectivity index (χ0) is 28.4. The van der Waals surface area contributed by atoms with Crippen LogP contribution in [0.4, 0.5) is 4.39 Å². The van der Waals surface area contributed by atoms with Crippen molar-refractivity contribution in [1.82, 2.24) is 19.1 Å². The van der Waals surface area contributed by atoms with Gasteiger partial charge in [-0.2, -0.15) is 9.40 Å². The van der Waals surface area contributed by atoms with Gasteiger partial charge < -0.3 is 14.6 Å². The molecule has 0 amide bonds. The van der Waals surface area contributed by atoms with E-state index in [1.807, 2.05) is 13.8 Å². The Kier molecular flexibility index (Phi) is 7.72. The summed E-state index contributed by atoms with van der Waals surface area (Å²) in [5.74, 6) is -0.664. The molecular weight excluding hydrogens is 539 g/mol. The molecule has 0 bridgehead atoms. The van der Waals surface area contributed by atoms with Crippen LogP contribution in [0.15, 0.2) is 71.8 Å². The summed E-state index contributed by atoms with van der Waals surface area (Å²) in [6, 6.07) is 14.4. The highest BCUT2D eigenvalue weighted by Crippen LogP contribution is 2.35. The van der Waals surface area contributed by atoms with Crippen molar-refractivity contribution < 1.29 is 32.2 Å². The Balaban J connectivity index is 1.50. The summed E-state index contributed by atoms with van der Waals surface area (Å²) < 4.78 is 56.4. The third-order valence-electron chi connectivity index (χ3n) is 6.62. The fourth-order valence-corrected chi connectivity index (χ4v) is 6.58. The Bertz CT molecular complexity index is 1610. The van der Waals surface area contributed by atoms with E-state index < -0.39 is 33.9 Å². The standard InChI is InChI=1S/C28H29FN4O6S/c1-18(2)39-22-7-9-23(10-8-22)40(36,37)32-16-20(14-21(32)17-38-27-5-3-4-12-30-27)33-26-13-19(29)6-11-24(26)25(31-33)15-28(34)35/h3-13,18,20-21H,14-17H2,1-2H3,(H,34,35)/t20-,21-/m1/s1. The fraction of sp³-hybridized carbons (Fsp3) is 0.321. The zero-order valence-electron chi connectivity index (χ0n) is 22.0. The molecule has 5 rings (SSSR count). The summed E-state index contributed by atoms with van der Waals surface area (Å²) in [7, 11) is -3.98. The number of nitrogens with zero attached hydrogens (tertiary/aromatic N) is 4. The van der Waals surface area contributed by atoms with Crippen molar-refractivity contribution in [2.45, 2.75) is 49.8 Å². The third-order valence-corrected chi connectivity index (χ3v) is 8.55. The van der Waals surface area contributed by atoms with Crippen molar-refractivity contribution in [2.24, 2.45) is 0 Å². The van der Waals surface area contributed by atoms with Gasteiger partial charge in [0.25, 0.3) is 0 Å². The van der Waals surface area contributed by atoms with Crippen LogP contribution < -0.4 is 9.47 Å². The van der Waals surface area contributed by atoms with Crippen molar-refractivity contribution in [3.63, 3.8) is 0 Å². The number of pyridine rings is 1. The molecular formula is C28H29FN4O6S. The average molecular weight is 569 g/mol. The number of sulfonamides is 1. The molecule has 0 radical (unpaired) electrons. The molecule has 1 saturated heterocycles. The number of carbonyl (C=O) groups is 1. The number of carboxylic acids is 1. The molecule has 1 aliphatic rings. The summed E-state index contributed by atoms with van der Waals surface area (Å²) in [5.41, 5.74) is 0.686. The highest BCUT2D eigenvalue weighted by molar-refractivity contribution is 7.89. The summed E-state index contributed by atoms with van der Waals surface area (Å²) >= 11 is 0. The average Bonchev–Trinajstić information content (AvgIpc) is 3.49. The van der Waals surface area contributed by atoms with Gasteiger partial charge in [-0.3, -0.25) is 9.48 Å². The predicted molar refractivity (Wildman–Crippen MR) is 144 cm³/mol. The maximum Gasteiger partial charge on any atom is 0.309 e. The van der Waals surface area contributed by atoms with E-state index in [1.54, 1.807) is 41.2 Å². The number of halogens is 1. The van der Waals surface area contributed by atoms with Gasteiger partial charge in [-0.15, -0.1) is 0 Å². The molecule has 2 aromatic heterocycles. The number of ether oxygens (including phenoxy) is 2. The maximum atomic E-state index is 14.3. The van der Waals surface area contributed by atoms with Crippen LogP contribution in [-0.2, 0) is 21.2 Å². The smallest absolute Gasteiger partial charge is 0.309 e. The van der Waals surface area contributed by atoms with Crippen molar-refractivity contribution in [3.8, 4) is 11.6 Å². The fourth-order valence-electron chi connectivity index (χ4n) is 4.93. The number of rotatable bonds is 10. The van der Waals surface area contributed by atoms with Gasteiger partial charge >= 0.3 is 5.97 Å². The Labute approximate surface area is 231 Å². The van der Waals surface area contributed by atoms with Crippen LogP contribution in [-0.4, -0.2) is 63.9 Å². The van der Waals surface area contributed by atoms with Gasteiger partial charge in [0, 0.05) is 24.2 Å². The Morgan fingerprint density at radius 1 is 1.15 bits per heavy atom. The molecule has 0 spiro atoms. The highest BCUT2D eigenvalue weighted by Gasteiger charge is 2.42. The lowest BCUT2D eigenvalue weighted by molar-refractivity contribution is -0.136. The second kappa shape index (κ2) is 11.2. The predicted octanol–water partition coefficient (Wildman–Crippen LogP) is 4.07. The molecule has 0 aliphatic carbocycles. The van der Waals surface area contributed by atoms with E-state index in [0.717, 1.165) is 0 Å². The first-order chi connectivity index (χ1) is 19.1. The first-order valence-corrected chi connectivity index (χ1v) is 14.3. The lowest BCUT2D eigenvalue weighted by atomic mass is 10.1. The van der Waals surface area contributed by atoms with E-state index in [1.165, 1.54) is 34.6 Å². The van der Waals surface area contributed by atoms with Crippen molar-refractivity contribution in [1.29, 1.82) is 0 Å². The van der Waals surface area contributed by atoms with Gasteiger partial charge in [0.15, 0.2) is 0 Å². The molecule has 0 saturated carbocycles. The van der Waals surface area contributed by atoms with Crippen molar-refractivity contribution in [3.05, 3.63) is 78.4 Å². The Morgan fingerprint density at radius 3 is 2.60 bits per heavy atom. The van der Waals surface area contributed by atoms with E-state index in [-0.39, 0.29) is 36.3 Å². The number of fused-ring (bicyclic) bond motifs is 1. The summed E-state index contributed by atoms with van der Waals surface area (Å²) in [4.78, 5) is 15.7. The normalized spacial score (nSPS) is 17.9. The molecule has 1 aliphatic heterocycles. The van der Waals surface area contributed by atoms with Crippen molar-refractivity contribution >= 4 is 26.9 Å². The molecule has 210 valence electrons. The van der Waals surface area contributed by atoms with E-state index in [9.17, 15) is 22.7 Å². The minimum absolute atomic E-state index is 0.0246. The second-order valence-electron chi connectivity index (χ2n) is 9.86. The summed E-state index contributed by atoms with van der Waals surface area (Å²) in [6.45, 7) is 3.82. The van der Waals surface area contributed by atoms with Gasteiger partial charge in [-0.1, -0.05) is 6.07 Å². The van der Waals surface area contributed by atoms with Gasteiger partial charge in [-0.05, 0) is 68.8 Å². The monoisotopic (exact) mass is 568 g/mol. The minimum atomic E-state index is -3.98. The molecule has 4 aromatic rings. The van der Waals surface area contributed by atoms with Crippen LogP contribution >= 0.6 is 0 Å². The molecule has 10 nitrogen and oxygen atoms in total. The van der Waals surface area contributed by atoms with Crippen LogP contribution in [0.25, 0.3) is 10.9 Å². The third kappa shape index (κ3) is 5.77. The molecule has 3 heterocycles. The number of hydrogen-bond donors (Lipinski definition) is 1. The molecule has 2 aromatic carbocycles. The number of benzene rings is 2. The van der Waals surface area contributed by atoms with Crippen LogP contribution in [0.1, 0.15) is 32.0 Å². The molecule has 0 unspecified atom stereocenters. The summed E-state index contributed by atoms with van der Waals surface area (Å²) in [5, 5.41) is 14.4. The van der Waals surface area contributed by atoms with Crippen LogP contribution in [0.2, 0.25) is 0 Å². The van der Waals surface area contributed by atoms with E-state index in [2.05, 4.69) is 10.1 Å². The van der Waals surface area contributed by atoms with Gasteiger partial charge in [-0.25, -0.2) is 17.8 Å². The molecule has 12 heteroatoms. The zero-order valence-corrected chi connectivity index (χ0v) is 22.8. The Hall–Kier alpha value is -4.03. The van der Waals surface area contributed by atoms with Crippen LogP contribution in [0, 0.1) is 5.82 Å². The van der Waals surface area contributed by atoms with Crippen molar-refractivity contribution in [2.75, 3.05) is 13.2 Å². The second-order valence-corrected chi connectivity index (χ2v) is 11.7. The topological polar surface area (TPSA) is 124 Å². The van der Waals surface area contributed by atoms with E-state index >= 15 is 0 Å². The number of hydrogen-bond acceptors (Lipinski definition) is 7. The van der Waals surface area contributed by atoms with Crippen LogP contribution in [0.3, 0.4) is 0 Å². The molecule has 1 fully saturated rings. The number of aliphatic carboxylic acids is 1. The molecule has 2 atom stereocenters. The number of aromatic nitrogens is 3. The summed E-state index contributed by atoms with van der Waals surface area (Å²) in [6.07, 6.45) is 1.48. The SMILES string of the molecule is CC(C)Oc1ccc(S(=O)(=O)N2C[C@H](n3nc(CC(=O)O)c4ccc(F)cc43)C[C@@H]2COc2ccccn2)cc1. The first-order valence-electron chi connectivity index (χ1n) is 12.8. The van der Waals surface area contributed by atoms with Gasteiger partial charge in [0.1, 0.15) is 18.2 Å². The van der Waals surface area contributed by atoms with E-state index in [4.69, 9.17) is 9.47 Å². The lowest BCUT2D eigenvalue weighted by Crippen LogP contribution is -2.39. The first kappa shape index (κ1) is 27.5. The largest absolute Gasteiger partial charge is 0.491 e. The molecule has 40 heavy (non-hydrogen) atoms. The quantitative estimate of drug-likeness (QED) is 0.304. The minimum Gasteiger partial charge on any atom is -0.491 e. The molecule has 1 N–H and O–H groups in total. The van der Waals surface area contributed by atoms with E-state index in [0.29, 0.717) is 29.0 Å². The lowest BCUT2D eigenvalue weighted by Gasteiger charge is -2.24. The highest BCUT2D eigenvalue weighted by atomic mass is 32.2. The van der Waals surface area contributed by atoms with Gasteiger partial charge in [0.05, 0.1) is 40.7 Å². The Morgan fingerprint density at radius 2 is 1.93 bits per heavy atom.